The molecule has 0 fully saturated rings. The Bertz CT molecular complexity index is 112. The molecule has 0 unspecified atom stereocenters. The number of hydrogen-bond acceptors (Lipinski definition) is 0. The molecule has 0 radical (unpaired) electrons. The summed E-state index contributed by atoms with van der Waals surface area (Å²) >= 11 is 0. The Labute approximate surface area is 66.9 Å². The van der Waals surface area contributed by atoms with Gasteiger partial charge >= 0.3 is 23.1 Å². The summed E-state index contributed by atoms with van der Waals surface area (Å²) in [4.78, 5) is 0. The van der Waals surface area contributed by atoms with E-state index in [0.29, 0.717) is 0 Å². The fourth-order valence-electron chi connectivity index (χ4n) is 0.364. The van der Waals surface area contributed by atoms with Crippen LogP contribution in [0.15, 0.2) is 18.5 Å². The second-order valence-corrected chi connectivity index (χ2v) is 1.28. The van der Waals surface area contributed by atoms with Crippen LogP contribution in [0.25, 0.3) is 0 Å². The number of aromatic nitrogens is 1. The van der Waals surface area contributed by atoms with Crippen LogP contribution in [-0.2, 0) is 7.05 Å². The molecule has 1 heterocycles. The van der Waals surface area contributed by atoms with E-state index >= 15 is 0 Å². The van der Waals surface area contributed by atoms with Crippen LogP contribution >= 0.6 is 0 Å². The van der Waals surface area contributed by atoms with Crippen molar-refractivity contribution in [2.45, 2.75) is 0 Å². The van der Waals surface area contributed by atoms with Crippen LogP contribution in [0.1, 0.15) is 0 Å². The summed E-state index contributed by atoms with van der Waals surface area (Å²) in [6, 6.07) is 4.77. The Morgan fingerprint density at radius 1 is 1.50 bits per heavy atom. The SMILES string of the molecule is Cn1c[c-]cc1.[CH3-].[Mg+2]. The zero-order valence-corrected chi connectivity index (χ0v) is 6.80. The first-order chi connectivity index (χ1) is 2.89. The molecule has 40 valence electrons. The standard InChI is InChI=1S/C5H6N.CH3.Mg/c1-6-4-2-3-5-6;;/h2,4-5H,1H3;1H3;/q2*-1;+2. The van der Waals surface area contributed by atoms with Crippen LogP contribution in [0, 0.1) is 13.5 Å². The van der Waals surface area contributed by atoms with Crippen molar-refractivity contribution in [2.75, 3.05) is 0 Å². The number of rotatable bonds is 0. The fourth-order valence-corrected chi connectivity index (χ4v) is 0.364. The first-order valence-electron chi connectivity index (χ1n) is 1.87. The van der Waals surface area contributed by atoms with Crippen molar-refractivity contribution in [2.24, 2.45) is 7.05 Å². The van der Waals surface area contributed by atoms with Gasteiger partial charge in [-0.2, -0.15) is 0 Å². The molecule has 0 N–H and O–H groups in total. The van der Waals surface area contributed by atoms with Crippen molar-refractivity contribution in [1.82, 2.24) is 4.57 Å². The Balaban J connectivity index is 0. The van der Waals surface area contributed by atoms with Gasteiger partial charge in [0.25, 0.3) is 0 Å². The molecule has 8 heavy (non-hydrogen) atoms. The van der Waals surface area contributed by atoms with Crippen LogP contribution in [0.2, 0.25) is 0 Å². The van der Waals surface area contributed by atoms with E-state index in [1.165, 1.54) is 0 Å². The van der Waals surface area contributed by atoms with E-state index in [1.807, 2.05) is 30.1 Å². The summed E-state index contributed by atoms with van der Waals surface area (Å²) in [6.45, 7) is 0. The van der Waals surface area contributed by atoms with Crippen molar-refractivity contribution < 1.29 is 0 Å². The van der Waals surface area contributed by atoms with Crippen LogP contribution in [0.5, 0.6) is 0 Å². The van der Waals surface area contributed by atoms with Gasteiger partial charge in [-0.05, 0) is 7.05 Å². The van der Waals surface area contributed by atoms with Gasteiger partial charge in [0, 0.05) is 0 Å². The van der Waals surface area contributed by atoms with Gasteiger partial charge in [-0.1, -0.05) is 0 Å². The second kappa shape index (κ2) is 5.19. The van der Waals surface area contributed by atoms with Crippen LogP contribution in [0.4, 0.5) is 0 Å². The van der Waals surface area contributed by atoms with Gasteiger partial charge in [-0.25, -0.2) is 12.1 Å². The zero-order valence-electron chi connectivity index (χ0n) is 5.39. The Hall–Kier alpha value is 0.0462. The van der Waals surface area contributed by atoms with Gasteiger partial charge in [0.05, 0.1) is 0 Å². The molecule has 0 aliphatic heterocycles. The van der Waals surface area contributed by atoms with Crippen LogP contribution < -0.4 is 0 Å². The summed E-state index contributed by atoms with van der Waals surface area (Å²) in [5.74, 6) is 0. The molecule has 0 amide bonds. The fraction of sp³-hybridized carbons (Fsp3) is 0.167. The maximum absolute atomic E-state index is 2.89. The predicted molar refractivity (Wildman–Crippen MR) is 36.4 cm³/mol. The van der Waals surface area contributed by atoms with E-state index in [1.54, 1.807) is 0 Å². The monoisotopic (exact) mass is 119 g/mol. The van der Waals surface area contributed by atoms with E-state index in [9.17, 15) is 0 Å². The third kappa shape index (κ3) is 3.10. The molecule has 1 aromatic rings. The summed E-state index contributed by atoms with van der Waals surface area (Å²) in [5, 5.41) is 0. The predicted octanol–water partition coefficient (Wildman–Crippen LogP) is 0.895. The molecule has 0 aliphatic carbocycles. The van der Waals surface area contributed by atoms with Gasteiger partial charge in [0.1, 0.15) is 0 Å². The quantitative estimate of drug-likeness (QED) is 0.353. The minimum absolute atomic E-state index is 0. The maximum Gasteiger partial charge on any atom is 2.00 e. The molecular weight excluding hydrogens is 110 g/mol. The van der Waals surface area contributed by atoms with E-state index in [4.69, 9.17) is 0 Å². The third-order valence-corrected chi connectivity index (χ3v) is 0.684. The Kier molecular flexibility index (Phi) is 7.09. The Morgan fingerprint density at radius 3 is 2.25 bits per heavy atom. The van der Waals surface area contributed by atoms with Crippen molar-refractivity contribution in [3.05, 3.63) is 32.0 Å². The minimum atomic E-state index is 0. The maximum atomic E-state index is 2.89. The van der Waals surface area contributed by atoms with Gasteiger partial charge in [-0.15, -0.1) is 12.4 Å². The summed E-state index contributed by atoms with van der Waals surface area (Å²) in [5.41, 5.74) is 0. The molecule has 0 aliphatic rings. The van der Waals surface area contributed by atoms with Crippen molar-refractivity contribution in [1.29, 1.82) is 0 Å². The minimum Gasteiger partial charge on any atom is -0.451 e. The Morgan fingerprint density at radius 2 is 2.12 bits per heavy atom. The molecule has 0 bridgehead atoms. The molecule has 0 aromatic carbocycles. The second-order valence-electron chi connectivity index (χ2n) is 1.28. The van der Waals surface area contributed by atoms with E-state index in [-0.39, 0.29) is 30.5 Å². The van der Waals surface area contributed by atoms with Crippen LogP contribution in [-0.4, -0.2) is 27.6 Å². The van der Waals surface area contributed by atoms with E-state index in [2.05, 4.69) is 6.07 Å². The molecule has 0 spiro atoms. The zero-order chi connectivity index (χ0) is 4.41. The van der Waals surface area contributed by atoms with E-state index in [0.717, 1.165) is 0 Å². The molecule has 0 atom stereocenters. The average molecular weight is 119 g/mol. The first-order valence-corrected chi connectivity index (χ1v) is 1.87. The van der Waals surface area contributed by atoms with Crippen molar-refractivity contribution >= 4 is 23.1 Å². The third-order valence-electron chi connectivity index (χ3n) is 0.684. The summed E-state index contributed by atoms with van der Waals surface area (Å²) < 4.78 is 1.94. The largest absolute Gasteiger partial charge is 2.00 e. The average Bonchev–Trinajstić information content (AvgIpc) is 1.86. The van der Waals surface area contributed by atoms with Crippen LogP contribution in [0.3, 0.4) is 0 Å². The van der Waals surface area contributed by atoms with Gasteiger partial charge in [0.15, 0.2) is 0 Å². The van der Waals surface area contributed by atoms with Gasteiger partial charge in [0.2, 0.25) is 0 Å². The molecule has 2 heteroatoms. The van der Waals surface area contributed by atoms with E-state index < -0.39 is 0 Å². The summed E-state index contributed by atoms with van der Waals surface area (Å²) in [7, 11) is 1.97. The molecule has 1 aromatic heterocycles. The summed E-state index contributed by atoms with van der Waals surface area (Å²) in [6.07, 6.45) is 3.82. The molecular formula is C6H9MgN. The first kappa shape index (κ1) is 10.9. The van der Waals surface area contributed by atoms with Gasteiger partial charge < -0.3 is 12.0 Å². The number of aryl methyl sites for hydroxylation is 1. The van der Waals surface area contributed by atoms with Crippen molar-refractivity contribution in [3.8, 4) is 0 Å². The normalized spacial score (nSPS) is 6.62. The smallest absolute Gasteiger partial charge is 0.451 e. The molecule has 0 saturated heterocycles. The van der Waals surface area contributed by atoms with Crippen molar-refractivity contribution in [3.63, 3.8) is 0 Å². The molecule has 1 rings (SSSR count). The number of hydrogen-bond donors (Lipinski definition) is 0. The molecule has 1 nitrogen and oxygen atoms in total. The number of nitrogens with zero attached hydrogens (tertiary/aromatic N) is 1. The molecule has 0 saturated carbocycles. The topological polar surface area (TPSA) is 4.93 Å². The van der Waals surface area contributed by atoms with Gasteiger partial charge in [-0.3, -0.25) is 0 Å².